The van der Waals surface area contributed by atoms with Crippen molar-refractivity contribution in [1.29, 1.82) is 0 Å². The maximum Gasteiger partial charge on any atom is 0.421 e. The highest BCUT2D eigenvalue weighted by molar-refractivity contribution is 5.96. The molecule has 0 spiro atoms. The molecule has 3 aromatic rings. The van der Waals surface area contributed by atoms with Crippen LogP contribution < -0.4 is 9.64 Å². The summed E-state index contributed by atoms with van der Waals surface area (Å²) >= 11 is 0. The minimum absolute atomic E-state index is 0.126. The van der Waals surface area contributed by atoms with Gasteiger partial charge in [-0.1, -0.05) is 17.3 Å². The van der Waals surface area contributed by atoms with Crippen molar-refractivity contribution in [3.63, 3.8) is 0 Å². The zero-order valence-electron chi connectivity index (χ0n) is 13.7. The Morgan fingerprint density at radius 1 is 1.19 bits per heavy atom. The van der Waals surface area contributed by atoms with Gasteiger partial charge in [-0.05, 0) is 24.3 Å². The average molecular weight is 360 g/mol. The third-order valence-electron chi connectivity index (χ3n) is 3.51. The molecule has 1 amide bonds. The van der Waals surface area contributed by atoms with E-state index in [0.717, 1.165) is 17.0 Å². The van der Waals surface area contributed by atoms with E-state index in [1.54, 1.807) is 24.3 Å². The second-order valence-corrected chi connectivity index (χ2v) is 5.15. The van der Waals surface area contributed by atoms with Crippen molar-refractivity contribution in [2.45, 2.75) is 6.61 Å². The highest BCUT2D eigenvalue weighted by atomic mass is 19.1. The minimum atomic E-state index is -0.720. The summed E-state index contributed by atoms with van der Waals surface area (Å²) in [6, 6.07) is 11.3. The number of methoxy groups -OCH3 is 1. The smallest absolute Gasteiger partial charge is 0.421 e. The first-order valence-electron chi connectivity index (χ1n) is 7.54. The average Bonchev–Trinajstić information content (AvgIpc) is 3.16. The van der Waals surface area contributed by atoms with Gasteiger partial charge in [0.1, 0.15) is 24.0 Å². The molecule has 0 unspecified atom stereocenters. The van der Waals surface area contributed by atoms with Gasteiger partial charge in [0, 0.05) is 17.7 Å². The number of aromatic nitrogens is 1. The Kier molecular flexibility index (Phi) is 5.12. The van der Waals surface area contributed by atoms with Gasteiger partial charge in [0.25, 0.3) is 0 Å². The Bertz CT molecular complexity index is 900. The zero-order chi connectivity index (χ0) is 18.5. The number of anilines is 2. The molecular formula is C18H14F2N2O4. The second-order valence-electron chi connectivity index (χ2n) is 5.15. The molecule has 0 aliphatic rings. The number of para-hydroxylation sites is 2. The third-order valence-corrected chi connectivity index (χ3v) is 3.51. The molecule has 6 nitrogen and oxygen atoms in total. The quantitative estimate of drug-likeness (QED) is 0.673. The maximum absolute atomic E-state index is 13.8. The van der Waals surface area contributed by atoms with Crippen molar-refractivity contribution in [3.8, 4) is 5.75 Å². The van der Waals surface area contributed by atoms with Crippen LogP contribution in [-0.2, 0) is 11.3 Å². The summed E-state index contributed by atoms with van der Waals surface area (Å²) in [6.07, 6.45) is 0.661. The molecule has 0 saturated carbocycles. The van der Waals surface area contributed by atoms with Crippen LogP contribution in [0.15, 0.2) is 59.3 Å². The van der Waals surface area contributed by atoms with Gasteiger partial charge in [0.2, 0.25) is 5.88 Å². The molecule has 0 atom stereocenters. The molecule has 0 fully saturated rings. The number of amides is 1. The van der Waals surface area contributed by atoms with Crippen LogP contribution in [-0.4, -0.2) is 18.4 Å². The lowest BCUT2D eigenvalue weighted by molar-refractivity contribution is 0.179. The number of rotatable bonds is 5. The van der Waals surface area contributed by atoms with E-state index in [2.05, 4.69) is 5.16 Å². The van der Waals surface area contributed by atoms with E-state index in [9.17, 15) is 13.6 Å². The Hall–Kier alpha value is -3.42. The summed E-state index contributed by atoms with van der Waals surface area (Å²) in [5.41, 5.74) is 0.490. The molecule has 0 saturated heterocycles. The van der Waals surface area contributed by atoms with E-state index >= 15 is 0 Å². The molecule has 8 heteroatoms. The fourth-order valence-corrected chi connectivity index (χ4v) is 2.28. The van der Waals surface area contributed by atoms with Crippen LogP contribution in [0.5, 0.6) is 5.75 Å². The predicted octanol–water partition coefficient (Wildman–Crippen LogP) is 4.44. The van der Waals surface area contributed by atoms with E-state index in [1.165, 1.54) is 25.4 Å². The van der Waals surface area contributed by atoms with Gasteiger partial charge in [-0.2, -0.15) is 0 Å². The zero-order valence-corrected chi connectivity index (χ0v) is 13.7. The second kappa shape index (κ2) is 7.64. The van der Waals surface area contributed by atoms with Gasteiger partial charge in [-0.15, -0.1) is 0 Å². The summed E-state index contributed by atoms with van der Waals surface area (Å²) in [6.45, 7) is -0.158. The summed E-state index contributed by atoms with van der Waals surface area (Å²) in [7, 11) is 1.23. The molecule has 134 valence electrons. The van der Waals surface area contributed by atoms with Gasteiger partial charge in [0.05, 0.1) is 19.0 Å². The fourth-order valence-electron chi connectivity index (χ4n) is 2.28. The first kappa shape index (κ1) is 17.4. The highest BCUT2D eigenvalue weighted by Crippen LogP contribution is 2.34. The lowest BCUT2D eigenvalue weighted by Gasteiger charge is -2.20. The van der Waals surface area contributed by atoms with Crippen LogP contribution in [0.2, 0.25) is 0 Å². The number of carbonyl (C=O) groups is 1. The molecule has 1 heterocycles. The van der Waals surface area contributed by atoms with Crippen molar-refractivity contribution >= 4 is 17.7 Å². The highest BCUT2D eigenvalue weighted by Gasteiger charge is 2.25. The van der Waals surface area contributed by atoms with Crippen LogP contribution in [0, 0.1) is 11.6 Å². The molecule has 0 bridgehead atoms. The molecule has 26 heavy (non-hydrogen) atoms. The molecule has 0 aliphatic heterocycles. The molecule has 3 rings (SSSR count). The summed E-state index contributed by atoms with van der Waals surface area (Å²) in [5.74, 6) is -0.990. The first-order valence-corrected chi connectivity index (χ1v) is 7.54. The van der Waals surface area contributed by atoms with Gasteiger partial charge in [-0.3, -0.25) is 0 Å². The fraction of sp³-hybridized carbons (Fsp3) is 0.111. The number of benzene rings is 2. The van der Waals surface area contributed by atoms with Crippen molar-refractivity contribution in [2.24, 2.45) is 0 Å². The monoisotopic (exact) mass is 360 g/mol. The van der Waals surface area contributed by atoms with E-state index in [-0.39, 0.29) is 23.8 Å². The topological polar surface area (TPSA) is 64.8 Å². The SMILES string of the molecule is COC(=O)N(c1ccno1)c1ccccc1OCc1ccc(F)cc1F. The molecule has 0 N–H and O–H groups in total. The normalized spacial score (nSPS) is 10.4. The van der Waals surface area contributed by atoms with E-state index in [0.29, 0.717) is 5.69 Å². The van der Waals surface area contributed by atoms with Crippen LogP contribution in [0.3, 0.4) is 0 Å². The standard InChI is InChI=1S/C18H14F2N2O4/c1-24-18(23)22(17-8-9-21-26-17)15-4-2-3-5-16(15)25-11-12-6-7-13(19)10-14(12)20/h2-10H,11H2,1H3. The van der Waals surface area contributed by atoms with Crippen molar-refractivity contribution in [1.82, 2.24) is 5.16 Å². The number of ether oxygens (including phenoxy) is 2. The Balaban J connectivity index is 1.90. The lowest BCUT2D eigenvalue weighted by Crippen LogP contribution is -2.25. The maximum atomic E-state index is 13.8. The third kappa shape index (κ3) is 3.64. The number of hydrogen-bond acceptors (Lipinski definition) is 5. The lowest BCUT2D eigenvalue weighted by atomic mass is 10.2. The first-order chi connectivity index (χ1) is 12.6. The Morgan fingerprint density at radius 3 is 2.69 bits per heavy atom. The summed E-state index contributed by atoms with van der Waals surface area (Å²) in [5, 5.41) is 3.58. The van der Waals surface area contributed by atoms with E-state index in [4.69, 9.17) is 14.0 Å². The Morgan fingerprint density at radius 2 is 2.00 bits per heavy atom. The summed E-state index contributed by atoms with van der Waals surface area (Å²) in [4.78, 5) is 13.3. The Labute approximate surface area is 147 Å². The van der Waals surface area contributed by atoms with Crippen LogP contribution in [0.1, 0.15) is 5.56 Å². The predicted molar refractivity (Wildman–Crippen MR) is 88.2 cm³/mol. The number of halogens is 2. The van der Waals surface area contributed by atoms with Crippen molar-refractivity contribution in [3.05, 3.63) is 71.9 Å². The molecule has 1 aromatic heterocycles. The van der Waals surface area contributed by atoms with Crippen molar-refractivity contribution in [2.75, 3.05) is 12.0 Å². The molecule has 0 radical (unpaired) electrons. The van der Waals surface area contributed by atoms with Crippen LogP contribution >= 0.6 is 0 Å². The van der Waals surface area contributed by atoms with E-state index < -0.39 is 17.7 Å². The minimum Gasteiger partial charge on any atom is -0.487 e. The number of hydrogen-bond donors (Lipinski definition) is 0. The van der Waals surface area contributed by atoms with Crippen molar-refractivity contribution < 1.29 is 27.6 Å². The van der Waals surface area contributed by atoms with Gasteiger partial charge in [-0.25, -0.2) is 18.5 Å². The molecule has 0 aliphatic carbocycles. The largest absolute Gasteiger partial charge is 0.487 e. The van der Waals surface area contributed by atoms with Gasteiger partial charge in [0.15, 0.2) is 0 Å². The number of nitrogens with zero attached hydrogens (tertiary/aromatic N) is 2. The van der Waals surface area contributed by atoms with Crippen LogP contribution in [0.4, 0.5) is 25.1 Å². The van der Waals surface area contributed by atoms with Gasteiger partial charge < -0.3 is 14.0 Å². The molecular weight excluding hydrogens is 346 g/mol. The summed E-state index contributed by atoms with van der Waals surface area (Å²) < 4.78 is 42.3. The molecule has 2 aromatic carbocycles. The van der Waals surface area contributed by atoms with Crippen LogP contribution in [0.25, 0.3) is 0 Å². The number of carbonyl (C=O) groups excluding carboxylic acids is 1. The van der Waals surface area contributed by atoms with Gasteiger partial charge >= 0.3 is 6.09 Å². The van der Waals surface area contributed by atoms with E-state index in [1.807, 2.05) is 0 Å².